The SMILES string of the molecule is CCCCCOc1ccc2c(c1)Oc1ccccc1N2. The van der Waals surface area contributed by atoms with E-state index >= 15 is 0 Å². The van der Waals surface area contributed by atoms with Gasteiger partial charge in [0.2, 0.25) is 0 Å². The third-order valence-electron chi connectivity index (χ3n) is 3.35. The van der Waals surface area contributed by atoms with Gasteiger partial charge in [-0.3, -0.25) is 0 Å². The van der Waals surface area contributed by atoms with Crippen LogP contribution < -0.4 is 14.8 Å². The van der Waals surface area contributed by atoms with Gasteiger partial charge in [0, 0.05) is 6.07 Å². The van der Waals surface area contributed by atoms with Crippen molar-refractivity contribution < 1.29 is 9.47 Å². The summed E-state index contributed by atoms with van der Waals surface area (Å²) in [4.78, 5) is 0. The molecule has 0 fully saturated rings. The van der Waals surface area contributed by atoms with E-state index in [4.69, 9.17) is 9.47 Å². The fraction of sp³-hybridized carbons (Fsp3) is 0.294. The van der Waals surface area contributed by atoms with Gasteiger partial charge < -0.3 is 14.8 Å². The van der Waals surface area contributed by atoms with Crippen molar-refractivity contribution in [1.29, 1.82) is 0 Å². The Kier molecular flexibility index (Phi) is 3.77. The number of unbranched alkanes of at least 4 members (excludes halogenated alkanes) is 2. The second-order valence-corrected chi connectivity index (χ2v) is 4.94. The van der Waals surface area contributed by atoms with E-state index in [1.165, 1.54) is 12.8 Å². The van der Waals surface area contributed by atoms with E-state index in [9.17, 15) is 0 Å². The minimum atomic E-state index is 0.761. The average Bonchev–Trinajstić information content (AvgIpc) is 2.49. The quantitative estimate of drug-likeness (QED) is 0.653. The Morgan fingerprint density at radius 2 is 1.85 bits per heavy atom. The molecule has 20 heavy (non-hydrogen) atoms. The summed E-state index contributed by atoms with van der Waals surface area (Å²) in [6, 6.07) is 13.9. The van der Waals surface area contributed by atoms with Crippen LogP contribution in [-0.2, 0) is 0 Å². The number of benzene rings is 2. The van der Waals surface area contributed by atoms with Gasteiger partial charge in [-0.25, -0.2) is 0 Å². The number of hydrogen-bond donors (Lipinski definition) is 1. The van der Waals surface area contributed by atoms with Crippen LogP contribution in [0.2, 0.25) is 0 Å². The van der Waals surface area contributed by atoms with Crippen molar-refractivity contribution in [3.63, 3.8) is 0 Å². The summed E-state index contributed by atoms with van der Waals surface area (Å²) < 4.78 is 11.7. The largest absolute Gasteiger partial charge is 0.493 e. The van der Waals surface area contributed by atoms with Gasteiger partial charge in [0.15, 0.2) is 11.5 Å². The average molecular weight is 269 g/mol. The Morgan fingerprint density at radius 1 is 1.00 bits per heavy atom. The summed E-state index contributed by atoms with van der Waals surface area (Å²) in [5.74, 6) is 2.53. The summed E-state index contributed by atoms with van der Waals surface area (Å²) in [6.45, 7) is 2.95. The van der Waals surface area contributed by atoms with Crippen molar-refractivity contribution in [3.8, 4) is 17.2 Å². The van der Waals surface area contributed by atoms with Crippen LogP contribution >= 0.6 is 0 Å². The maximum absolute atomic E-state index is 5.90. The molecule has 1 N–H and O–H groups in total. The minimum absolute atomic E-state index is 0.761. The molecule has 1 aliphatic rings. The third kappa shape index (κ3) is 2.72. The van der Waals surface area contributed by atoms with E-state index in [0.29, 0.717) is 0 Å². The van der Waals surface area contributed by atoms with Crippen molar-refractivity contribution >= 4 is 11.4 Å². The van der Waals surface area contributed by atoms with Crippen LogP contribution in [0.15, 0.2) is 42.5 Å². The molecule has 3 nitrogen and oxygen atoms in total. The number of rotatable bonds is 5. The first-order valence-corrected chi connectivity index (χ1v) is 7.17. The predicted molar refractivity (Wildman–Crippen MR) is 81.3 cm³/mol. The lowest BCUT2D eigenvalue weighted by molar-refractivity contribution is 0.305. The maximum Gasteiger partial charge on any atom is 0.154 e. The van der Waals surface area contributed by atoms with Crippen molar-refractivity contribution in [2.75, 3.05) is 11.9 Å². The van der Waals surface area contributed by atoms with Crippen LogP contribution in [0.4, 0.5) is 11.4 Å². The van der Waals surface area contributed by atoms with Crippen LogP contribution in [0.5, 0.6) is 17.2 Å². The standard InChI is InChI=1S/C17H19NO2/c1-2-3-6-11-19-13-9-10-15-17(12-13)20-16-8-5-4-7-14(16)18-15/h4-5,7-10,12,18H,2-3,6,11H2,1H3. The van der Waals surface area contributed by atoms with Gasteiger partial charge in [-0.2, -0.15) is 0 Å². The molecule has 0 radical (unpaired) electrons. The molecule has 2 aromatic carbocycles. The molecule has 0 saturated heterocycles. The molecule has 1 aliphatic heterocycles. The van der Waals surface area contributed by atoms with Gasteiger partial charge in [0.1, 0.15) is 5.75 Å². The van der Waals surface area contributed by atoms with Crippen molar-refractivity contribution in [2.24, 2.45) is 0 Å². The summed E-state index contributed by atoms with van der Waals surface area (Å²) in [5.41, 5.74) is 1.97. The Labute approximate surface area is 119 Å². The smallest absolute Gasteiger partial charge is 0.154 e. The molecular formula is C17H19NO2. The molecular weight excluding hydrogens is 250 g/mol. The first kappa shape index (κ1) is 12.9. The Morgan fingerprint density at radius 3 is 2.75 bits per heavy atom. The lowest BCUT2D eigenvalue weighted by atomic mass is 10.2. The van der Waals surface area contributed by atoms with E-state index in [0.717, 1.165) is 41.7 Å². The molecule has 3 rings (SSSR count). The molecule has 0 amide bonds. The highest BCUT2D eigenvalue weighted by molar-refractivity contribution is 5.75. The molecule has 104 valence electrons. The Balaban J connectivity index is 1.71. The molecule has 0 aromatic heterocycles. The van der Waals surface area contributed by atoms with Gasteiger partial charge in [0.25, 0.3) is 0 Å². The van der Waals surface area contributed by atoms with Gasteiger partial charge in [-0.1, -0.05) is 31.9 Å². The molecule has 0 bridgehead atoms. The topological polar surface area (TPSA) is 30.5 Å². The fourth-order valence-electron chi connectivity index (χ4n) is 2.24. The monoisotopic (exact) mass is 269 g/mol. The van der Waals surface area contributed by atoms with Crippen molar-refractivity contribution in [3.05, 3.63) is 42.5 Å². The lowest BCUT2D eigenvalue weighted by Gasteiger charge is -2.22. The summed E-state index contributed by atoms with van der Waals surface area (Å²) >= 11 is 0. The number of para-hydroxylation sites is 2. The van der Waals surface area contributed by atoms with Gasteiger partial charge >= 0.3 is 0 Å². The van der Waals surface area contributed by atoms with Gasteiger partial charge in [-0.05, 0) is 30.7 Å². The fourth-order valence-corrected chi connectivity index (χ4v) is 2.24. The molecule has 0 atom stereocenters. The minimum Gasteiger partial charge on any atom is -0.493 e. The molecule has 2 aromatic rings. The van der Waals surface area contributed by atoms with Crippen LogP contribution in [0.1, 0.15) is 26.2 Å². The second-order valence-electron chi connectivity index (χ2n) is 4.94. The lowest BCUT2D eigenvalue weighted by Crippen LogP contribution is -2.03. The molecule has 3 heteroatoms. The first-order chi connectivity index (χ1) is 9.86. The van der Waals surface area contributed by atoms with Crippen LogP contribution in [0, 0.1) is 0 Å². The summed E-state index contributed by atoms with van der Waals surface area (Å²) in [7, 11) is 0. The Bertz CT molecular complexity index is 595. The molecule has 0 saturated carbocycles. The van der Waals surface area contributed by atoms with Crippen molar-refractivity contribution in [1.82, 2.24) is 0 Å². The van der Waals surface area contributed by atoms with Crippen LogP contribution in [-0.4, -0.2) is 6.61 Å². The number of nitrogens with one attached hydrogen (secondary N) is 1. The second kappa shape index (κ2) is 5.87. The van der Waals surface area contributed by atoms with E-state index in [1.807, 2.05) is 42.5 Å². The van der Waals surface area contributed by atoms with E-state index in [1.54, 1.807) is 0 Å². The van der Waals surface area contributed by atoms with Crippen LogP contribution in [0.3, 0.4) is 0 Å². The van der Waals surface area contributed by atoms with E-state index < -0.39 is 0 Å². The predicted octanol–water partition coefficient (Wildman–Crippen LogP) is 5.10. The third-order valence-corrected chi connectivity index (χ3v) is 3.35. The summed E-state index contributed by atoms with van der Waals surface area (Å²) in [6.07, 6.45) is 3.50. The maximum atomic E-state index is 5.90. The zero-order valence-corrected chi connectivity index (χ0v) is 11.7. The van der Waals surface area contributed by atoms with Crippen molar-refractivity contribution in [2.45, 2.75) is 26.2 Å². The molecule has 0 spiro atoms. The zero-order chi connectivity index (χ0) is 13.8. The molecule has 0 aliphatic carbocycles. The first-order valence-electron chi connectivity index (χ1n) is 7.17. The number of anilines is 2. The number of hydrogen-bond acceptors (Lipinski definition) is 3. The normalized spacial score (nSPS) is 11.8. The number of fused-ring (bicyclic) bond motifs is 2. The Hall–Kier alpha value is -2.16. The van der Waals surface area contributed by atoms with E-state index in [-0.39, 0.29) is 0 Å². The number of ether oxygens (including phenoxy) is 2. The van der Waals surface area contributed by atoms with E-state index in [2.05, 4.69) is 12.2 Å². The zero-order valence-electron chi connectivity index (χ0n) is 11.7. The van der Waals surface area contributed by atoms with Crippen LogP contribution in [0.25, 0.3) is 0 Å². The molecule has 0 unspecified atom stereocenters. The molecule has 1 heterocycles. The summed E-state index contributed by atoms with van der Waals surface area (Å²) in [5, 5.41) is 3.36. The van der Waals surface area contributed by atoms with Gasteiger partial charge in [0.05, 0.1) is 18.0 Å². The van der Waals surface area contributed by atoms with Gasteiger partial charge in [-0.15, -0.1) is 0 Å². The highest BCUT2D eigenvalue weighted by Gasteiger charge is 2.16. The highest BCUT2D eigenvalue weighted by Crippen LogP contribution is 2.42. The highest BCUT2D eigenvalue weighted by atomic mass is 16.5.